The first kappa shape index (κ1) is 14.2. The van der Waals surface area contributed by atoms with Crippen LogP contribution in [0.15, 0.2) is 34.9 Å². The molecule has 0 atom stereocenters. The first-order valence-corrected chi connectivity index (χ1v) is 7.70. The van der Waals surface area contributed by atoms with Crippen LogP contribution in [0.4, 0.5) is 5.69 Å². The van der Waals surface area contributed by atoms with Gasteiger partial charge in [-0.05, 0) is 56.0 Å². The monoisotopic (exact) mass is 284 g/mol. The Morgan fingerprint density at radius 1 is 1.19 bits per heavy atom. The van der Waals surface area contributed by atoms with Gasteiger partial charge in [0.1, 0.15) is 5.76 Å². The Morgan fingerprint density at radius 2 is 1.90 bits per heavy atom. The van der Waals surface area contributed by atoms with Gasteiger partial charge in [0.25, 0.3) is 0 Å². The molecule has 0 amide bonds. The summed E-state index contributed by atoms with van der Waals surface area (Å²) in [5.41, 5.74) is 5.14. The molecule has 112 valence electrons. The maximum absolute atomic E-state index is 5.64. The third kappa shape index (κ3) is 3.67. The van der Waals surface area contributed by atoms with Crippen molar-refractivity contribution in [1.29, 1.82) is 0 Å². The second kappa shape index (κ2) is 5.94. The molecule has 2 aromatic rings. The third-order valence-electron chi connectivity index (χ3n) is 4.02. The molecule has 1 aromatic carbocycles. The van der Waals surface area contributed by atoms with Crippen molar-refractivity contribution in [2.75, 3.05) is 11.9 Å². The summed E-state index contributed by atoms with van der Waals surface area (Å²) in [6, 6.07) is 9.47. The second-order valence-electron chi connectivity index (χ2n) is 6.23. The van der Waals surface area contributed by atoms with E-state index < -0.39 is 0 Å². The van der Waals surface area contributed by atoms with Crippen molar-refractivity contribution in [1.82, 2.24) is 5.32 Å². The Kier molecular flexibility index (Phi) is 4.02. The molecule has 1 aliphatic carbocycles. The highest BCUT2D eigenvalue weighted by atomic mass is 16.3. The highest BCUT2D eigenvalue weighted by Gasteiger charge is 2.21. The second-order valence-corrected chi connectivity index (χ2v) is 6.23. The molecule has 1 aromatic heterocycles. The van der Waals surface area contributed by atoms with Gasteiger partial charge in [-0.3, -0.25) is 0 Å². The van der Waals surface area contributed by atoms with Gasteiger partial charge >= 0.3 is 0 Å². The Bertz CT molecular complexity index is 593. The number of benzene rings is 1. The topological polar surface area (TPSA) is 28.4 Å². The van der Waals surface area contributed by atoms with Gasteiger partial charge in [0.05, 0.1) is 12.8 Å². The van der Waals surface area contributed by atoms with E-state index in [9.17, 15) is 0 Å². The maximum Gasteiger partial charge on any atom is 0.122 e. The van der Waals surface area contributed by atoms with Gasteiger partial charge in [0.2, 0.25) is 0 Å². The van der Waals surface area contributed by atoms with Crippen molar-refractivity contribution in [3.05, 3.63) is 53.0 Å². The number of nitrogens with zero attached hydrogens (tertiary/aromatic N) is 1. The molecular formula is C18H24N2O. The van der Waals surface area contributed by atoms with Gasteiger partial charge in [0.15, 0.2) is 0 Å². The van der Waals surface area contributed by atoms with E-state index in [0.29, 0.717) is 6.04 Å². The lowest BCUT2D eigenvalue weighted by molar-refractivity contribution is 0.477. The van der Waals surface area contributed by atoms with E-state index in [-0.39, 0.29) is 0 Å². The number of hydrogen-bond donors (Lipinski definition) is 1. The molecule has 3 nitrogen and oxygen atoms in total. The predicted octanol–water partition coefficient (Wildman–Crippen LogP) is 3.78. The zero-order valence-electron chi connectivity index (χ0n) is 13.1. The molecule has 0 aliphatic heterocycles. The molecule has 3 rings (SSSR count). The lowest BCUT2D eigenvalue weighted by Gasteiger charge is -2.20. The van der Waals surface area contributed by atoms with Crippen molar-refractivity contribution >= 4 is 5.69 Å². The standard InChI is InChI=1S/C18H24N2O/c1-13-8-14(2)10-17(9-13)20(3)12-15-6-7-21-18(15)11-19-16-4-5-16/h6-10,16,19H,4-5,11-12H2,1-3H3. The van der Waals surface area contributed by atoms with Gasteiger partial charge in [-0.25, -0.2) is 0 Å². The van der Waals surface area contributed by atoms with Gasteiger partial charge in [-0.2, -0.15) is 0 Å². The summed E-state index contributed by atoms with van der Waals surface area (Å²) >= 11 is 0. The fourth-order valence-corrected chi connectivity index (χ4v) is 2.71. The van der Waals surface area contributed by atoms with Crippen LogP contribution in [0.2, 0.25) is 0 Å². The summed E-state index contributed by atoms with van der Waals surface area (Å²) in [7, 11) is 2.14. The molecular weight excluding hydrogens is 260 g/mol. The van der Waals surface area contributed by atoms with Crippen LogP contribution >= 0.6 is 0 Å². The van der Waals surface area contributed by atoms with E-state index in [1.807, 2.05) is 0 Å². The molecule has 0 radical (unpaired) electrons. The minimum atomic E-state index is 0.708. The molecule has 0 unspecified atom stereocenters. The molecule has 0 spiro atoms. The third-order valence-corrected chi connectivity index (χ3v) is 4.02. The largest absolute Gasteiger partial charge is 0.468 e. The molecule has 21 heavy (non-hydrogen) atoms. The Labute approximate surface area is 127 Å². The van der Waals surface area contributed by atoms with Gasteiger partial charge in [-0.1, -0.05) is 6.07 Å². The Morgan fingerprint density at radius 3 is 2.57 bits per heavy atom. The van der Waals surface area contributed by atoms with E-state index in [1.54, 1.807) is 6.26 Å². The Hall–Kier alpha value is -1.74. The molecule has 1 heterocycles. The minimum absolute atomic E-state index is 0.708. The average Bonchev–Trinajstić information content (AvgIpc) is 3.16. The van der Waals surface area contributed by atoms with Crippen molar-refractivity contribution in [2.45, 2.75) is 45.8 Å². The number of furan rings is 1. The minimum Gasteiger partial charge on any atom is -0.468 e. The van der Waals surface area contributed by atoms with E-state index in [1.165, 1.54) is 35.2 Å². The van der Waals surface area contributed by atoms with Crippen molar-refractivity contribution < 1.29 is 4.42 Å². The first-order valence-electron chi connectivity index (χ1n) is 7.70. The highest BCUT2D eigenvalue weighted by molar-refractivity contribution is 5.50. The normalized spacial score (nSPS) is 14.4. The zero-order valence-corrected chi connectivity index (χ0v) is 13.1. The summed E-state index contributed by atoms with van der Waals surface area (Å²) in [6.07, 6.45) is 4.41. The van der Waals surface area contributed by atoms with Gasteiger partial charge in [-0.15, -0.1) is 0 Å². The van der Waals surface area contributed by atoms with E-state index in [0.717, 1.165) is 18.8 Å². The predicted molar refractivity (Wildman–Crippen MR) is 86.6 cm³/mol. The highest BCUT2D eigenvalue weighted by Crippen LogP contribution is 2.23. The van der Waals surface area contributed by atoms with Crippen LogP contribution in [0.25, 0.3) is 0 Å². The van der Waals surface area contributed by atoms with E-state index in [4.69, 9.17) is 4.42 Å². The Balaban J connectivity index is 1.68. The summed E-state index contributed by atoms with van der Waals surface area (Å²) in [4.78, 5) is 2.28. The lowest BCUT2D eigenvalue weighted by Crippen LogP contribution is -2.20. The fourth-order valence-electron chi connectivity index (χ4n) is 2.71. The molecule has 1 N–H and O–H groups in total. The molecule has 0 saturated heterocycles. The summed E-state index contributed by atoms with van der Waals surface area (Å²) < 4.78 is 5.64. The van der Waals surface area contributed by atoms with Crippen LogP contribution in [-0.4, -0.2) is 13.1 Å². The van der Waals surface area contributed by atoms with Gasteiger partial charge in [0, 0.05) is 30.9 Å². The zero-order chi connectivity index (χ0) is 14.8. The van der Waals surface area contributed by atoms with Crippen LogP contribution < -0.4 is 10.2 Å². The molecule has 1 saturated carbocycles. The van der Waals surface area contributed by atoms with Crippen molar-refractivity contribution in [2.24, 2.45) is 0 Å². The number of rotatable bonds is 6. The molecule has 1 fully saturated rings. The first-order chi connectivity index (χ1) is 10.1. The van der Waals surface area contributed by atoms with Crippen LogP contribution in [0.5, 0.6) is 0 Å². The molecule has 0 bridgehead atoms. The van der Waals surface area contributed by atoms with Crippen molar-refractivity contribution in [3.8, 4) is 0 Å². The SMILES string of the molecule is Cc1cc(C)cc(N(C)Cc2ccoc2CNC2CC2)c1. The smallest absolute Gasteiger partial charge is 0.122 e. The summed E-state index contributed by atoms with van der Waals surface area (Å²) in [6.45, 7) is 6.01. The average molecular weight is 284 g/mol. The van der Waals surface area contributed by atoms with E-state index >= 15 is 0 Å². The quantitative estimate of drug-likeness (QED) is 0.875. The summed E-state index contributed by atoms with van der Waals surface area (Å²) in [5.74, 6) is 1.07. The van der Waals surface area contributed by atoms with Crippen LogP contribution in [0.1, 0.15) is 35.3 Å². The van der Waals surface area contributed by atoms with Crippen LogP contribution in [-0.2, 0) is 13.1 Å². The maximum atomic E-state index is 5.64. The molecule has 1 aliphatic rings. The molecule has 3 heteroatoms. The number of anilines is 1. The van der Waals surface area contributed by atoms with Gasteiger partial charge < -0.3 is 14.6 Å². The fraction of sp³-hybridized carbons (Fsp3) is 0.444. The van der Waals surface area contributed by atoms with Crippen LogP contribution in [0, 0.1) is 13.8 Å². The number of nitrogens with one attached hydrogen (secondary N) is 1. The number of hydrogen-bond acceptors (Lipinski definition) is 3. The summed E-state index contributed by atoms with van der Waals surface area (Å²) in [5, 5.41) is 3.52. The van der Waals surface area contributed by atoms with Crippen molar-refractivity contribution in [3.63, 3.8) is 0 Å². The lowest BCUT2D eigenvalue weighted by atomic mass is 10.1. The number of aryl methyl sites for hydroxylation is 2. The van der Waals surface area contributed by atoms with Crippen LogP contribution in [0.3, 0.4) is 0 Å². The van der Waals surface area contributed by atoms with E-state index in [2.05, 4.69) is 55.4 Å².